The van der Waals surface area contributed by atoms with Gasteiger partial charge < -0.3 is 24.8 Å². The molecular weight excluding hydrogens is 594 g/mol. The van der Waals surface area contributed by atoms with Crippen LogP contribution in [0.2, 0.25) is 0 Å². The van der Waals surface area contributed by atoms with Crippen LogP contribution >= 0.6 is 36.5 Å². The molecule has 148 valence electrons. The van der Waals surface area contributed by atoms with Gasteiger partial charge in [-0.3, -0.25) is 0 Å². The normalized spacial score (nSPS) is 17.3. The first-order valence-corrected chi connectivity index (χ1v) is 17.2. The van der Waals surface area contributed by atoms with Gasteiger partial charge >= 0.3 is 190 Å². The number of thioether (sulfide) groups is 1. The number of hydrogen-bond acceptors (Lipinski definition) is 2. The number of benzene rings is 3. The van der Waals surface area contributed by atoms with Crippen molar-refractivity contribution in [1.82, 2.24) is 0 Å². The van der Waals surface area contributed by atoms with Gasteiger partial charge in [0.05, 0.1) is 0 Å². The van der Waals surface area contributed by atoms with Crippen molar-refractivity contribution in [3.8, 4) is 11.1 Å². The molecule has 3 aliphatic rings. The number of alkyl halides is 1. The van der Waals surface area contributed by atoms with Crippen molar-refractivity contribution in [3.05, 3.63) is 100.0 Å². The molecule has 30 heavy (non-hydrogen) atoms. The first kappa shape index (κ1) is 22.8. The topological polar surface area (TPSA) is 0 Å². The predicted octanol–water partition coefficient (Wildman–Crippen LogP) is 1.03. The molecule has 2 aliphatic carbocycles. The second-order valence-corrected chi connectivity index (χ2v) is 17.2. The Hall–Kier alpha value is -0.347. The van der Waals surface area contributed by atoms with Gasteiger partial charge in [-0.15, -0.1) is 0 Å². The van der Waals surface area contributed by atoms with Crippen LogP contribution in [0.4, 0.5) is 0 Å². The molecule has 0 nitrogen and oxygen atoms in total. The summed E-state index contributed by atoms with van der Waals surface area (Å²) in [5, 5.41) is 0. The molecule has 0 saturated carbocycles. The summed E-state index contributed by atoms with van der Waals surface area (Å²) < 4.78 is 2.28. The van der Waals surface area contributed by atoms with Crippen LogP contribution in [0, 0.1) is 0 Å². The molecule has 1 unspecified atom stereocenters. The Morgan fingerprint density at radius 2 is 1.40 bits per heavy atom. The Kier molecular flexibility index (Phi) is 6.76. The van der Waals surface area contributed by atoms with E-state index in [1.807, 2.05) is 11.8 Å². The Bertz CT molecular complexity index is 1210. The number of rotatable bonds is 2. The fourth-order valence-electron chi connectivity index (χ4n) is 4.66. The van der Waals surface area contributed by atoms with Gasteiger partial charge in [0.15, 0.2) is 0 Å². The van der Waals surface area contributed by atoms with Crippen LogP contribution < -0.4 is 28.1 Å². The molecule has 0 aromatic heterocycles. The average molecular weight is 610 g/mol. The standard InChI is InChI=1S/C13H9.C11H6BrS.2ClH.S.Zr/c1-3-7-12-10(5-1)9-11-6-2-4-8-13(11)12;12-11-6-9-8-4-2-1-3-7(8)5-10(9)13-11;;;;/h1-9H;1-2,4-6,11H;2*1H;;/q;;;;;+2/p-2. The van der Waals surface area contributed by atoms with Crippen LogP contribution in [0.3, 0.4) is 0 Å². The molecule has 1 heterocycles. The van der Waals surface area contributed by atoms with Crippen LogP contribution in [-0.4, -0.2) is 4.16 Å². The van der Waals surface area contributed by atoms with E-state index >= 15 is 0 Å². The molecule has 3 aromatic carbocycles. The van der Waals surface area contributed by atoms with Gasteiger partial charge in [-0.25, -0.2) is 0 Å². The fraction of sp³-hybridized carbons (Fsp3) is 0.0833. The third kappa shape index (κ3) is 3.43. The van der Waals surface area contributed by atoms with Crippen molar-refractivity contribution in [1.29, 1.82) is 0 Å². The first-order chi connectivity index (χ1) is 13.7. The SMILES string of the molecule is [Cl-].[Cl-].[S]=[Zr+2]([c]1cccc2c1C=C1SC(Br)C=C12)[CH]1c2ccccc2-c2ccccc21. The monoisotopic (exact) mass is 606 g/mol. The molecule has 0 saturated heterocycles. The minimum absolute atomic E-state index is 0. The van der Waals surface area contributed by atoms with Crippen LogP contribution in [-0.2, 0) is 19.7 Å². The van der Waals surface area contributed by atoms with E-state index < -0.39 is 19.7 Å². The van der Waals surface area contributed by atoms with Gasteiger partial charge in [0.25, 0.3) is 0 Å². The molecule has 0 N–H and O–H groups in total. The molecule has 0 amide bonds. The third-order valence-electron chi connectivity index (χ3n) is 5.84. The van der Waals surface area contributed by atoms with Crippen molar-refractivity contribution in [2.45, 2.75) is 7.79 Å². The zero-order chi connectivity index (χ0) is 18.8. The van der Waals surface area contributed by atoms with Crippen LogP contribution in [0.15, 0.2) is 77.7 Å². The summed E-state index contributed by atoms with van der Waals surface area (Å²) in [5.41, 5.74) is 9.84. The molecule has 6 heteroatoms. The van der Waals surface area contributed by atoms with Gasteiger partial charge in [-0.1, -0.05) is 0 Å². The summed E-state index contributed by atoms with van der Waals surface area (Å²) in [5.74, 6) is 0. The van der Waals surface area contributed by atoms with E-state index in [4.69, 9.17) is 8.86 Å². The van der Waals surface area contributed by atoms with Crippen LogP contribution in [0.1, 0.15) is 25.9 Å². The maximum atomic E-state index is 6.44. The molecule has 1 atom stereocenters. The van der Waals surface area contributed by atoms with Crippen molar-refractivity contribution in [2.24, 2.45) is 0 Å². The Labute approximate surface area is 212 Å². The van der Waals surface area contributed by atoms with Crippen LogP contribution in [0.5, 0.6) is 0 Å². The second kappa shape index (κ2) is 8.89. The van der Waals surface area contributed by atoms with E-state index in [2.05, 4.69) is 94.8 Å². The van der Waals surface area contributed by atoms with E-state index in [-0.39, 0.29) is 24.8 Å². The summed E-state index contributed by atoms with van der Waals surface area (Å²) in [6.07, 6.45) is 4.72. The molecule has 0 bridgehead atoms. The quantitative estimate of drug-likeness (QED) is 0.399. The molecule has 0 spiro atoms. The third-order valence-corrected chi connectivity index (χ3v) is 15.5. The summed E-state index contributed by atoms with van der Waals surface area (Å²) >= 11 is 3.21. The van der Waals surface area contributed by atoms with E-state index in [1.54, 1.807) is 0 Å². The van der Waals surface area contributed by atoms with E-state index in [0.29, 0.717) is 7.79 Å². The number of halogens is 3. The fourth-order valence-corrected chi connectivity index (χ4v) is 14.2. The number of allylic oxidation sites excluding steroid dienone is 1. The molecule has 6 rings (SSSR count). The second-order valence-electron chi connectivity index (χ2n) is 7.30. The van der Waals surface area contributed by atoms with Crippen molar-refractivity contribution in [2.75, 3.05) is 0 Å². The van der Waals surface area contributed by atoms with E-state index in [9.17, 15) is 0 Å². The molecular formula is C24H15BrCl2S2Zr. The predicted molar refractivity (Wildman–Crippen MR) is 124 cm³/mol. The van der Waals surface area contributed by atoms with Crippen molar-refractivity contribution >= 4 is 51.5 Å². The van der Waals surface area contributed by atoms with Crippen LogP contribution in [0.25, 0.3) is 22.8 Å². The van der Waals surface area contributed by atoms with Gasteiger partial charge in [0, 0.05) is 0 Å². The molecule has 1 aliphatic heterocycles. The zero-order valence-corrected chi connectivity index (χ0v) is 22.8. The van der Waals surface area contributed by atoms with Crippen molar-refractivity contribution in [3.63, 3.8) is 0 Å². The number of fused-ring (bicyclic) bond motifs is 6. The van der Waals surface area contributed by atoms with Gasteiger partial charge in [-0.05, 0) is 0 Å². The average Bonchev–Trinajstić information content (AvgIpc) is 3.35. The van der Waals surface area contributed by atoms with Gasteiger partial charge in [0.1, 0.15) is 0 Å². The molecule has 3 aromatic rings. The van der Waals surface area contributed by atoms with E-state index in [0.717, 1.165) is 0 Å². The molecule has 0 radical (unpaired) electrons. The Morgan fingerprint density at radius 3 is 2.07 bits per heavy atom. The zero-order valence-electron chi connectivity index (χ0n) is 15.6. The minimum atomic E-state index is -2.41. The Morgan fingerprint density at radius 1 is 0.800 bits per heavy atom. The van der Waals surface area contributed by atoms with Gasteiger partial charge in [-0.2, -0.15) is 0 Å². The van der Waals surface area contributed by atoms with Gasteiger partial charge in [0.2, 0.25) is 0 Å². The summed E-state index contributed by atoms with van der Waals surface area (Å²) in [6, 6.07) is 24.6. The van der Waals surface area contributed by atoms with Crippen molar-refractivity contribution < 1.29 is 44.5 Å². The molecule has 0 fully saturated rings. The Balaban J connectivity index is 0.00000109. The first-order valence-electron chi connectivity index (χ1n) is 9.33. The summed E-state index contributed by atoms with van der Waals surface area (Å²) in [4.78, 5) is 1.39. The number of hydrogen-bond donors (Lipinski definition) is 0. The maximum absolute atomic E-state index is 6.44. The van der Waals surface area contributed by atoms with E-state index in [1.165, 1.54) is 47.1 Å². The summed E-state index contributed by atoms with van der Waals surface area (Å²) in [7, 11) is 6.44. The summed E-state index contributed by atoms with van der Waals surface area (Å²) in [6.45, 7) is 0.